The molecule has 0 radical (unpaired) electrons. The molecule has 0 aliphatic carbocycles. The second-order valence-corrected chi connectivity index (χ2v) is 12.9. The Bertz CT molecular complexity index is 1470. The second kappa shape index (κ2) is 21.7. The lowest BCUT2D eigenvalue weighted by molar-refractivity contribution is -0.114. The third-order valence-corrected chi connectivity index (χ3v) is 8.90. The van der Waals surface area contributed by atoms with Gasteiger partial charge >= 0.3 is 0 Å². The standard InChI is InChI=1S/C43H54N2O2/c46-40(27-19-9-5-1-3-7-13-21-36-29-31-44-42(33-36)38-23-15-11-16-24-38)35-41(47)28-20-10-6-2-4-8-14-22-37-30-32-45-43(34-37)39-25-17-12-18-26-39/h11-12,15-18,23-26,29-35,46H,1-10,13-14,19-22,27-28H2. The van der Waals surface area contributed by atoms with Gasteiger partial charge in [-0.1, -0.05) is 125 Å². The van der Waals surface area contributed by atoms with Gasteiger partial charge in [0, 0.05) is 42.4 Å². The highest BCUT2D eigenvalue weighted by atomic mass is 16.3. The molecule has 4 heteroatoms. The van der Waals surface area contributed by atoms with E-state index < -0.39 is 0 Å². The number of nitrogens with zero attached hydrogens (tertiary/aromatic N) is 2. The fourth-order valence-corrected chi connectivity index (χ4v) is 6.15. The molecule has 0 fully saturated rings. The van der Waals surface area contributed by atoms with Crippen molar-refractivity contribution in [2.45, 2.75) is 116 Å². The normalized spacial score (nSPS) is 11.5. The summed E-state index contributed by atoms with van der Waals surface area (Å²) in [5.74, 6) is 0.326. The molecule has 0 atom stereocenters. The topological polar surface area (TPSA) is 63.1 Å². The molecule has 0 unspecified atom stereocenters. The van der Waals surface area contributed by atoms with Crippen molar-refractivity contribution >= 4 is 5.78 Å². The Morgan fingerprint density at radius 2 is 0.915 bits per heavy atom. The number of hydrogen-bond acceptors (Lipinski definition) is 4. The van der Waals surface area contributed by atoms with E-state index in [1.54, 1.807) is 0 Å². The molecular formula is C43H54N2O2. The molecule has 248 valence electrons. The summed E-state index contributed by atoms with van der Waals surface area (Å²) >= 11 is 0. The SMILES string of the molecule is O=C(C=C(O)CCCCCCCCCc1ccnc(-c2ccccc2)c1)CCCCCCCCCc1ccnc(-c2ccccc2)c1. The summed E-state index contributed by atoms with van der Waals surface area (Å²) < 4.78 is 0. The molecule has 4 aromatic rings. The van der Waals surface area contributed by atoms with Crippen LogP contribution >= 0.6 is 0 Å². The first-order valence-electron chi connectivity index (χ1n) is 18.1. The average molecular weight is 631 g/mol. The molecule has 2 heterocycles. The number of rotatable bonds is 23. The van der Waals surface area contributed by atoms with Crippen LogP contribution in [-0.4, -0.2) is 20.9 Å². The van der Waals surface area contributed by atoms with Crippen molar-refractivity contribution in [3.63, 3.8) is 0 Å². The second-order valence-electron chi connectivity index (χ2n) is 12.9. The first-order valence-corrected chi connectivity index (χ1v) is 18.1. The Morgan fingerprint density at radius 3 is 1.38 bits per heavy atom. The minimum absolute atomic E-state index is 0.0693. The van der Waals surface area contributed by atoms with Crippen LogP contribution in [0.5, 0.6) is 0 Å². The Balaban J connectivity index is 0.934. The van der Waals surface area contributed by atoms with Crippen molar-refractivity contribution in [3.8, 4) is 22.5 Å². The number of aliphatic hydroxyl groups is 1. The highest BCUT2D eigenvalue weighted by Crippen LogP contribution is 2.20. The molecule has 0 amide bonds. The van der Waals surface area contributed by atoms with Gasteiger partial charge in [0.25, 0.3) is 0 Å². The highest BCUT2D eigenvalue weighted by Gasteiger charge is 2.04. The molecule has 0 aliphatic rings. The summed E-state index contributed by atoms with van der Waals surface area (Å²) in [4.78, 5) is 21.3. The Morgan fingerprint density at radius 1 is 0.511 bits per heavy atom. The average Bonchev–Trinajstić information content (AvgIpc) is 3.11. The molecule has 2 aromatic heterocycles. The lowest BCUT2D eigenvalue weighted by atomic mass is 10.0. The zero-order chi connectivity index (χ0) is 32.8. The molecule has 1 N–H and O–H groups in total. The van der Waals surface area contributed by atoms with E-state index in [4.69, 9.17) is 0 Å². The number of pyridine rings is 2. The van der Waals surface area contributed by atoms with E-state index in [0.29, 0.717) is 12.8 Å². The fourth-order valence-electron chi connectivity index (χ4n) is 6.15. The number of hydrogen-bond donors (Lipinski definition) is 1. The first-order chi connectivity index (χ1) is 23.2. The molecule has 4 rings (SSSR count). The maximum atomic E-state index is 12.3. The van der Waals surface area contributed by atoms with Crippen LogP contribution in [0.1, 0.15) is 114 Å². The summed E-state index contributed by atoms with van der Waals surface area (Å²) in [5.41, 5.74) is 7.16. The monoisotopic (exact) mass is 630 g/mol. The van der Waals surface area contributed by atoms with Crippen LogP contribution in [0.3, 0.4) is 0 Å². The predicted octanol–water partition coefficient (Wildman–Crippen LogP) is 11.8. The van der Waals surface area contributed by atoms with E-state index in [0.717, 1.165) is 49.9 Å². The van der Waals surface area contributed by atoms with Crippen molar-refractivity contribution in [2.75, 3.05) is 0 Å². The van der Waals surface area contributed by atoms with Gasteiger partial charge in [-0.15, -0.1) is 0 Å². The van der Waals surface area contributed by atoms with E-state index in [-0.39, 0.29) is 11.5 Å². The number of allylic oxidation sites excluding steroid dienone is 2. The van der Waals surface area contributed by atoms with Gasteiger partial charge in [-0.2, -0.15) is 0 Å². The highest BCUT2D eigenvalue weighted by molar-refractivity contribution is 5.89. The smallest absolute Gasteiger partial charge is 0.159 e. The molecule has 0 saturated heterocycles. The summed E-state index contributed by atoms with van der Waals surface area (Å²) in [6, 6.07) is 29.4. The zero-order valence-corrected chi connectivity index (χ0v) is 28.3. The zero-order valence-electron chi connectivity index (χ0n) is 28.3. The van der Waals surface area contributed by atoms with Crippen LogP contribution < -0.4 is 0 Å². The maximum absolute atomic E-state index is 12.3. The maximum Gasteiger partial charge on any atom is 0.159 e. The minimum Gasteiger partial charge on any atom is -0.512 e. The third-order valence-electron chi connectivity index (χ3n) is 8.90. The van der Waals surface area contributed by atoms with Crippen LogP contribution in [0.25, 0.3) is 22.5 Å². The van der Waals surface area contributed by atoms with Crippen LogP contribution in [0, 0.1) is 0 Å². The Kier molecular flexibility index (Phi) is 16.5. The van der Waals surface area contributed by atoms with Crippen molar-refractivity contribution in [3.05, 3.63) is 120 Å². The minimum atomic E-state index is 0.0693. The molecular weight excluding hydrogens is 576 g/mol. The quantitative estimate of drug-likeness (QED) is 0.0503. The number of unbranched alkanes of at least 4 members (excludes halogenated alkanes) is 12. The lowest BCUT2D eigenvalue weighted by Crippen LogP contribution is -1.96. The van der Waals surface area contributed by atoms with Crippen molar-refractivity contribution < 1.29 is 9.90 Å². The van der Waals surface area contributed by atoms with Gasteiger partial charge in [-0.05, 0) is 73.9 Å². The van der Waals surface area contributed by atoms with Gasteiger partial charge in [0.15, 0.2) is 5.78 Å². The number of aliphatic hydroxyl groups excluding tert-OH is 1. The number of ketones is 1. The van der Waals surface area contributed by atoms with Gasteiger partial charge in [0.2, 0.25) is 0 Å². The van der Waals surface area contributed by atoms with Gasteiger partial charge in [-0.25, -0.2) is 0 Å². The molecule has 0 bridgehead atoms. The molecule has 0 aliphatic heterocycles. The third kappa shape index (κ3) is 14.5. The lowest BCUT2D eigenvalue weighted by Gasteiger charge is -2.06. The molecule has 47 heavy (non-hydrogen) atoms. The van der Waals surface area contributed by atoms with E-state index in [1.807, 2.05) is 24.5 Å². The number of benzene rings is 2. The summed E-state index contributed by atoms with van der Waals surface area (Å²) in [7, 11) is 0. The van der Waals surface area contributed by atoms with E-state index in [2.05, 4.69) is 82.8 Å². The number of aryl methyl sites for hydroxylation is 2. The number of carbonyl (C=O) groups excluding carboxylic acids is 1. The van der Waals surface area contributed by atoms with E-state index >= 15 is 0 Å². The largest absolute Gasteiger partial charge is 0.512 e. The Labute approximate surface area is 283 Å². The van der Waals surface area contributed by atoms with Crippen LogP contribution in [0.4, 0.5) is 0 Å². The first kappa shape index (κ1) is 35.8. The summed E-state index contributed by atoms with van der Waals surface area (Å²) in [5, 5.41) is 10.2. The summed E-state index contributed by atoms with van der Waals surface area (Å²) in [6.07, 6.45) is 24.9. The van der Waals surface area contributed by atoms with Crippen LogP contribution in [-0.2, 0) is 17.6 Å². The van der Waals surface area contributed by atoms with Gasteiger partial charge in [0.1, 0.15) is 0 Å². The number of carbonyl (C=O) groups is 1. The van der Waals surface area contributed by atoms with Gasteiger partial charge in [-0.3, -0.25) is 14.8 Å². The van der Waals surface area contributed by atoms with Crippen molar-refractivity contribution in [1.29, 1.82) is 0 Å². The fraction of sp³-hybridized carbons (Fsp3) is 0.419. The van der Waals surface area contributed by atoms with Crippen molar-refractivity contribution in [1.82, 2.24) is 9.97 Å². The molecule has 0 saturated carbocycles. The van der Waals surface area contributed by atoms with E-state index in [9.17, 15) is 9.90 Å². The van der Waals surface area contributed by atoms with E-state index in [1.165, 1.54) is 92.5 Å². The number of aromatic nitrogens is 2. The molecule has 0 spiro atoms. The molecule has 2 aromatic carbocycles. The van der Waals surface area contributed by atoms with Crippen LogP contribution in [0.15, 0.2) is 109 Å². The Hall–Kier alpha value is -4.05. The predicted molar refractivity (Wildman–Crippen MR) is 196 cm³/mol. The molecule has 4 nitrogen and oxygen atoms in total. The van der Waals surface area contributed by atoms with Crippen molar-refractivity contribution in [2.24, 2.45) is 0 Å². The summed E-state index contributed by atoms with van der Waals surface area (Å²) in [6.45, 7) is 0. The van der Waals surface area contributed by atoms with Gasteiger partial charge in [0.05, 0.1) is 17.1 Å². The van der Waals surface area contributed by atoms with Gasteiger partial charge < -0.3 is 5.11 Å². The van der Waals surface area contributed by atoms with Crippen LogP contribution in [0.2, 0.25) is 0 Å².